The van der Waals surface area contributed by atoms with Gasteiger partial charge in [0.2, 0.25) is 0 Å². The Hall–Kier alpha value is -2.67. The molecular weight excluding hydrogens is 318 g/mol. The fourth-order valence-corrected chi connectivity index (χ4v) is 3.26. The minimum absolute atomic E-state index is 0.132. The molecule has 0 atom stereocenters. The van der Waals surface area contributed by atoms with Crippen LogP contribution in [0.25, 0.3) is 11.0 Å². The van der Waals surface area contributed by atoms with Crippen LogP contribution in [0.1, 0.15) is 34.0 Å². The highest BCUT2D eigenvalue weighted by molar-refractivity contribution is 5.94. The van der Waals surface area contributed by atoms with Crippen LogP contribution in [0.2, 0.25) is 0 Å². The van der Waals surface area contributed by atoms with Crippen molar-refractivity contribution in [3.8, 4) is 0 Å². The third kappa shape index (κ3) is 3.15. The topological polar surface area (TPSA) is 84.8 Å². The summed E-state index contributed by atoms with van der Waals surface area (Å²) >= 11 is 0. The molecule has 0 fully saturated rings. The summed E-state index contributed by atoms with van der Waals surface area (Å²) in [4.78, 5) is 20.3. The van der Waals surface area contributed by atoms with Crippen molar-refractivity contribution in [1.82, 2.24) is 25.1 Å². The van der Waals surface area contributed by atoms with E-state index >= 15 is 0 Å². The van der Waals surface area contributed by atoms with E-state index in [0.717, 1.165) is 47.4 Å². The number of benzene rings is 1. The zero-order valence-electron chi connectivity index (χ0n) is 14.2. The molecule has 0 aliphatic carbocycles. The number of aromatic nitrogens is 4. The van der Waals surface area contributed by atoms with Gasteiger partial charge in [0, 0.05) is 37.7 Å². The van der Waals surface area contributed by atoms with Crippen molar-refractivity contribution in [3.05, 3.63) is 47.0 Å². The molecule has 3 heterocycles. The van der Waals surface area contributed by atoms with E-state index in [0.29, 0.717) is 25.5 Å². The number of nitrogens with zero attached hydrogens (tertiary/aromatic N) is 3. The highest BCUT2D eigenvalue weighted by Gasteiger charge is 2.23. The lowest BCUT2D eigenvalue weighted by molar-refractivity contribution is 0.0924. The number of hydrogen-bond acceptors (Lipinski definition) is 4. The quantitative estimate of drug-likeness (QED) is 0.693. The van der Waals surface area contributed by atoms with Gasteiger partial charge in [-0.25, -0.2) is 4.98 Å². The first kappa shape index (κ1) is 15.8. The van der Waals surface area contributed by atoms with Gasteiger partial charge in [0.15, 0.2) is 5.69 Å². The van der Waals surface area contributed by atoms with Crippen molar-refractivity contribution in [2.75, 3.05) is 13.2 Å². The summed E-state index contributed by atoms with van der Waals surface area (Å²) in [5.74, 6) is 0.811. The van der Waals surface area contributed by atoms with Gasteiger partial charge in [-0.3, -0.25) is 9.48 Å². The van der Waals surface area contributed by atoms with Gasteiger partial charge in [0.1, 0.15) is 5.82 Å². The molecule has 7 nitrogen and oxygen atoms in total. The fourth-order valence-electron chi connectivity index (χ4n) is 3.26. The average Bonchev–Trinajstić information content (AvgIpc) is 3.20. The van der Waals surface area contributed by atoms with Crippen molar-refractivity contribution in [3.63, 3.8) is 0 Å². The van der Waals surface area contributed by atoms with Crippen LogP contribution >= 0.6 is 0 Å². The molecule has 2 N–H and O–H groups in total. The van der Waals surface area contributed by atoms with E-state index in [9.17, 15) is 4.79 Å². The number of aromatic amines is 1. The number of rotatable bonds is 5. The van der Waals surface area contributed by atoms with E-state index in [2.05, 4.69) is 20.4 Å². The van der Waals surface area contributed by atoms with Crippen LogP contribution in [0.4, 0.5) is 0 Å². The highest BCUT2D eigenvalue weighted by atomic mass is 16.5. The summed E-state index contributed by atoms with van der Waals surface area (Å²) in [7, 11) is 1.88. The molecule has 0 bridgehead atoms. The Morgan fingerprint density at radius 3 is 3.16 bits per heavy atom. The van der Waals surface area contributed by atoms with Crippen LogP contribution in [-0.4, -0.2) is 38.8 Å². The summed E-state index contributed by atoms with van der Waals surface area (Å²) in [6.45, 7) is 1.73. The van der Waals surface area contributed by atoms with Gasteiger partial charge >= 0.3 is 0 Å². The smallest absolute Gasteiger partial charge is 0.272 e. The number of imidazole rings is 1. The Labute approximate surface area is 145 Å². The number of para-hydroxylation sites is 2. The van der Waals surface area contributed by atoms with Gasteiger partial charge in [-0.05, 0) is 18.6 Å². The first-order valence-electron chi connectivity index (χ1n) is 8.56. The Bertz CT molecular complexity index is 878. The lowest BCUT2D eigenvalue weighted by Gasteiger charge is -2.13. The number of amides is 1. The third-order valence-corrected chi connectivity index (χ3v) is 4.53. The van der Waals surface area contributed by atoms with Crippen molar-refractivity contribution in [2.24, 2.45) is 7.05 Å². The maximum absolute atomic E-state index is 12.4. The van der Waals surface area contributed by atoms with Crippen LogP contribution in [-0.2, 0) is 31.2 Å². The normalized spacial score (nSPS) is 13.8. The molecule has 0 spiro atoms. The number of nitrogens with one attached hydrogen (secondary N) is 2. The second kappa shape index (κ2) is 6.68. The van der Waals surface area contributed by atoms with Gasteiger partial charge in [0.25, 0.3) is 5.91 Å². The van der Waals surface area contributed by atoms with Crippen molar-refractivity contribution < 1.29 is 9.53 Å². The first-order chi connectivity index (χ1) is 12.2. The van der Waals surface area contributed by atoms with Gasteiger partial charge in [-0.1, -0.05) is 12.1 Å². The van der Waals surface area contributed by atoms with Gasteiger partial charge in [-0.2, -0.15) is 5.10 Å². The summed E-state index contributed by atoms with van der Waals surface area (Å²) in [5.41, 5.74) is 4.52. The van der Waals surface area contributed by atoms with Gasteiger partial charge in [-0.15, -0.1) is 0 Å². The lowest BCUT2D eigenvalue weighted by atomic mass is 10.1. The zero-order chi connectivity index (χ0) is 17.2. The Kier molecular flexibility index (Phi) is 4.23. The van der Waals surface area contributed by atoms with E-state index in [-0.39, 0.29) is 5.91 Å². The zero-order valence-corrected chi connectivity index (χ0v) is 14.2. The molecule has 0 saturated carbocycles. The summed E-state index contributed by atoms with van der Waals surface area (Å²) < 4.78 is 7.26. The van der Waals surface area contributed by atoms with Crippen molar-refractivity contribution in [1.29, 1.82) is 0 Å². The molecule has 4 rings (SSSR count). The standard InChI is InChI=1S/C18H21N5O2/c1-23-15-8-10-25-11-12(15)17(22-23)18(24)19-9-4-7-16-20-13-5-2-3-6-14(13)21-16/h2-3,5-6H,4,7-11H2,1H3,(H,19,24)(H,20,21). The second-order valence-electron chi connectivity index (χ2n) is 6.26. The summed E-state index contributed by atoms with van der Waals surface area (Å²) in [6, 6.07) is 7.97. The van der Waals surface area contributed by atoms with Crippen LogP contribution in [0, 0.1) is 0 Å². The average molecular weight is 339 g/mol. The Morgan fingerprint density at radius 1 is 1.40 bits per heavy atom. The maximum Gasteiger partial charge on any atom is 0.272 e. The molecule has 2 aromatic heterocycles. The molecular formula is C18H21N5O2. The number of ether oxygens (including phenoxy) is 1. The van der Waals surface area contributed by atoms with Gasteiger partial charge in [0.05, 0.1) is 24.2 Å². The Balaban J connectivity index is 1.33. The largest absolute Gasteiger partial charge is 0.376 e. The molecule has 0 saturated heterocycles. The molecule has 1 aliphatic heterocycles. The minimum atomic E-state index is -0.132. The second-order valence-corrected chi connectivity index (χ2v) is 6.26. The van der Waals surface area contributed by atoms with Crippen LogP contribution in [0.5, 0.6) is 0 Å². The highest BCUT2D eigenvalue weighted by Crippen LogP contribution is 2.20. The monoisotopic (exact) mass is 339 g/mol. The predicted octanol–water partition coefficient (Wildman–Crippen LogP) is 1.73. The van der Waals surface area contributed by atoms with E-state index in [1.165, 1.54) is 0 Å². The van der Waals surface area contributed by atoms with Crippen molar-refractivity contribution >= 4 is 16.9 Å². The Morgan fingerprint density at radius 2 is 2.28 bits per heavy atom. The molecule has 1 amide bonds. The molecule has 130 valence electrons. The third-order valence-electron chi connectivity index (χ3n) is 4.53. The van der Waals surface area contributed by atoms with Crippen LogP contribution < -0.4 is 5.32 Å². The first-order valence-corrected chi connectivity index (χ1v) is 8.56. The molecule has 3 aromatic rings. The number of carbonyl (C=O) groups excluding carboxylic acids is 1. The number of aryl methyl sites for hydroxylation is 2. The molecule has 7 heteroatoms. The maximum atomic E-state index is 12.4. The molecule has 25 heavy (non-hydrogen) atoms. The summed E-state index contributed by atoms with van der Waals surface area (Å²) in [5, 5.41) is 7.32. The number of H-pyrrole nitrogens is 1. The fraction of sp³-hybridized carbons (Fsp3) is 0.389. The molecule has 1 aliphatic rings. The lowest BCUT2D eigenvalue weighted by Crippen LogP contribution is -2.26. The predicted molar refractivity (Wildman–Crippen MR) is 93.3 cm³/mol. The number of hydrogen-bond donors (Lipinski definition) is 2. The van der Waals surface area contributed by atoms with Gasteiger partial charge < -0.3 is 15.0 Å². The van der Waals surface area contributed by atoms with Crippen molar-refractivity contribution in [2.45, 2.75) is 25.9 Å². The molecule has 0 unspecified atom stereocenters. The van der Waals surface area contributed by atoms with Crippen LogP contribution in [0.15, 0.2) is 24.3 Å². The number of fused-ring (bicyclic) bond motifs is 2. The van der Waals surface area contributed by atoms with E-state index in [4.69, 9.17) is 4.74 Å². The SMILES string of the molecule is Cn1nc(C(=O)NCCCc2nc3ccccc3[nH]2)c2c1CCOC2. The van der Waals surface area contributed by atoms with E-state index in [1.807, 2.05) is 31.3 Å². The van der Waals surface area contributed by atoms with Crippen LogP contribution in [0.3, 0.4) is 0 Å². The minimum Gasteiger partial charge on any atom is -0.376 e. The summed E-state index contributed by atoms with van der Waals surface area (Å²) in [6.07, 6.45) is 2.41. The molecule has 1 aromatic carbocycles. The number of carbonyl (C=O) groups is 1. The van der Waals surface area contributed by atoms with E-state index in [1.54, 1.807) is 4.68 Å². The van der Waals surface area contributed by atoms with E-state index < -0.39 is 0 Å². The molecule has 0 radical (unpaired) electrons.